The molecule has 3 atom stereocenters. The highest BCUT2D eigenvalue weighted by Crippen LogP contribution is 2.71. The van der Waals surface area contributed by atoms with E-state index in [4.69, 9.17) is 11.6 Å². The number of alkyl halides is 1. The van der Waals surface area contributed by atoms with Gasteiger partial charge in [0.2, 0.25) is 17.5 Å². The number of rotatable bonds is 3. The number of hydrogen-bond donors (Lipinski definition) is 0. The van der Waals surface area contributed by atoms with Crippen LogP contribution in [0.3, 0.4) is 0 Å². The fourth-order valence-corrected chi connectivity index (χ4v) is 4.18. The zero-order valence-electron chi connectivity index (χ0n) is 14.5. The third kappa shape index (κ3) is 2.02. The maximum absolute atomic E-state index is 15.7. The number of piperidine rings is 1. The van der Waals surface area contributed by atoms with E-state index in [1.54, 1.807) is 24.3 Å². The van der Waals surface area contributed by atoms with Crippen molar-refractivity contribution in [3.63, 3.8) is 0 Å². The third-order valence-corrected chi connectivity index (χ3v) is 5.66. The first-order chi connectivity index (χ1) is 12.8. The molecule has 2 amide bonds. The number of benzene rings is 2. The molecule has 7 heteroatoms. The number of anilines is 1. The van der Waals surface area contributed by atoms with Gasteiger partial charge < -0.3 is 4.74 Å². The molecule has 0 N–H and O–H groups in total. The minimum atomic E-state index is -2.73. The first-order valence-electron chi connectivity index (χ1n) is 8.28. The van der Waals surface area contributed by atoms with E-state index in [9.17, 15) is 14.4 Å². The third-order valence-electron chi connectivity index (χ3n) is 5.40. The van der Waals surface area contributed by atoms with E-state index in [1.165, 1.54) is 24.3 Å². The summed E-state index contributed by atoms with van der Waals surface area (Å²) in [5.74, 6) is -4.23. The topological polar surface area (TPSA) is 63.7 Å². The maximum Gasteiger partial charge on any atom is 0.346 e. The Kier molecular flexibility index (Phi) is 3.69. The van der Waals surface area contributed by atoms with Crippen LogP contribution < -0.4 is 4.90 Å². The van der Waals surface area contributed by atoms with Gasteiger partial charge in [0.25, 0.3) is 0 Å². The van der Waals surface area contributed by atoms with Crippen LogP contribution in [0.15, 0.2) is 48.5 Å². The van der Waals surface area contributed by atoms with E-state index in [2.05, 4.69) is 4.74 Å². The van der Waals surface area contributed by atoms with Crippen LogP contribution in [0, 0.1) is 12.8 Å². The van der Waals surface area contributed by atoms with Crippen molar-refractivity contribution in [2.45, 2.75) is 18.0 Å². The highest BCUT2D eigenvalue weighted by molar-refractivity contribution is 6.34. The lowest BCUT2D eigenvalue weighted by molar-refractivity contribution is -0.152. The van der Waals surface area contributed by atoms with Crippen molar-refractivity contribution in [2.75, 3.05) is 12.0 Å². The highest BCUT2D eigenvalue weighted by atomic mass is 35.5. The van der Waals surface area contributed by atoms with Crippen LogP contribution in [0.1, 0.15) is 11.1 Å². The summed E-state index contributed by atoms with van der Waals surface area (Å²) in [4.78, 5) is 39.4. The second kappa shape index (κ2) is 5.63. The molecular formula is C20H15ClFNO4. The van der Waals surface area contributed by atoms with Crippen LogP contribution in [-0.2, 0) is 24.5 Å². The SMILES string of the molecule is COC(=O)[C@]1(F)[C@H]2C(=O)N(c3ccc(C)cc3)C(=O)[C@]21c1ccc(Cl)cc1. The van der Waals surface area contributed by atoms with Gasteiger partial charge in [0, 0.05) is 5.02 Å². The second-order valence-corrected chi connectivity index (χ2v) is 7.20. The number of carbonyl (C=O) groups is 3. The first-order valence-corrected chi connectivity index (χ1v) is 8.66. The number of ether oxygens (including phenoxy) is 1. The summed E-state index contributed by atoms with van der Waals surface area (Å²) >= 11 is 5.90. The molecule has 1 saturated carbocycles. The summed E-state index contributed by atoms with van der Waals surface area (Å²) in [5, 5.41) is 0.391. The largest absolute Gasteiger partial charge is 0.467 e. The second-order valence-electron chi connectivity index (χ2n) is 6.77. The molecule has 2 aromatic rings. The van der Waals surface area contributed by atoms with Crippen molar-refractivity contribution in [1.29, 1.82) is 0 Å². The molecular weight excluding hydrogens is 373 g/mol. The van der Waals surface area contributed by atoms with Crippen molar-refractivity contribution in [3.05, 3.63) is 64.7 Å². The Morgan fingerprint density at radius 3 is 2.26 bits per heavy atom. The van der Waals surface area contributed by atoms with Crippen LogP contribution in [0.4, 0.5) is 10.1 Å². The lowest BCUT2D eigenvalue weighted by atomic mass is 9.90. The molecule has 27 heavy (non-hydrogen) atoms. The van der Waals surface area contributed by atoms with Gasteiger partial charge in [-0.15, -0.1) is 0 Å². The standard InChI is InChI=1S/C20H15ClFNO4/c1-11-3-9-14(10-4-11)23-16(24)15-19(17(23)25,20(15,22)18(26)27-2)12-5-7-13(21)8-6-12/h3-10,15H,1-2H3/t15-,19-,20+/m0/s1. The van der Waals surface area contributed by atoms with Crippen molar-refractivity contribution in [2.24, 2.45) is 5.92 Å². The number of methoxy groups -OCH3 is 1. The lowest BCUT2D eigenvalue weighted by Gasteiger charge is -2.24. The van der Waals surface area contributed by atoms with Gasteiger partial charge in [-0.1, -0.05) is 41.4 Å². The number of esters is 1. The highest BCUT2D eigenvalue weighted by Gasteiger charge is 2.94. The molecule has 0 spiro atoms. The summed E-state index contributed by atoms with van der Waals surface area (Å²) in [5.41, 5.74) is -3.16. The predicted octanol–water partition coefficient (Wildman–Crippen LogP) is 2.97. The van der Waals surface area contributed by atoms with E-state index < -0.39 is 34.8 Å². The first kappa shape index (κ1) is 17.7. The average Bonchev–Trinajstić information content (AvgIpc) is 3.15. The molecule has 1 heterocycles. The summed E-state index contributed by atoms with van der Waals surface area (Å²) < 4.78 is 20.3. The summed E-state index contributed by atoms with van der Waals surface area (Å²) in [6, 6.07) is 12.6. The molecule has 0 unspecified atom stereocenters. The van der Waals surface area contributed by atoms with Gasteiger partial charge in [0.05, 0.1) is 12.8 Å². The Balaban J connectivity index is 1.87. The van der Waals surface area contributed by atoms with Crippen LogP contribution >= 0.6 is 11.6 Å². The maximum atomic E-state index is 15.7. The number of carbonyl (C=O) groups excluding carboxylic acids is 3. The molecule has 0 radical (unpaired) electrons. The van der Waals surface area contributed by atoms with Crippen LogP contribution in [0.2, 0.25) is 5.02 Å². The summed E-state index contributed by atoms with van der Waals surface area (Å²) in [6.45, 7) is 1.87. The minimum absolute atomic E-state index is 0.220. The Labute approximate surface area is 159 Å². The monoisotopic (exact) mass is 387 g/mol. The van der Waals surface area contributed by atoms with Gasteiger partial charge in [-0.25, -0.2) is 14.1 Å². The normalized spacial score (nSPS) is 28.9. The van der Waals surface area contributed by atoms with Crippen LogP contribution in [-0.4, -0.2) is 30.6 Å². The predicted molar refractivity (Wildman–Crippen MR) is 96.1 cm³/mol. The molecule has 1 aliphatic heterocycles. The van der Waals surface area contributed by atoms with Gasteiger partial charge in [-0.2, -0.15) is 0 Å². The molecule has 0 aromatic heterocycles. The van der Waals surface area contributed by atoms with Gasteiger partial charge in [-0.05, 0) is 36.8 Å². The number of fused-ring (bicyclic) bond motifs is 1. The van der Waals surface area contributed by atoms with Crippen molar-refractivity contribution in [1.82, 2.24) is 0 Å². The van der Waals surface area contributed by atoms with Gasteiger partial charge in [0.15, 0.2) is 0 Å². The van der Waals surface area contributed by atoms with Gasteiger partial charge in [-0.3, -0.25) is 9.59 Å². The van der Waals surface area contributed by atoms with Gasteiger partial charge >= 0.3 is 5.97 Å². The van der Waals surface area contributed by atoms with Crippen molar-refractivity contribution < 1.29 is 23.5 Å². The van der Waals surface area contributed by atoms with Crippen molar-refractivity contribution in [3.8, 4) is 0 Å². The van der Waals surface area contributed by atoms with Crippen LogP contribution in [0.25, 0.3) is 0 Å². The van der Waals surface area contributed by atoms with E-state index in [-0.39, 0.29) is 5.56 Å². The fraction of sp³-hybridized carbons (Fsp3) is 0.250. The number of nitrogens with zero attached hydrogens (tertiary/aromatic N) is 1. The number of imide groups is 1. The molecule has 0 bridgehead atoms. The average molecular weight is 388 g/mol. The quantitative estimate of drug-likeness (QED) is 0.600. The molecule has 5 nitrogen and oxygen atoms in total. The zero-order valence-corrected chi connectivity index (χ0v) is 15.3. The molecule has 1 aliphatic carbocycles. The summed E-state index contributed by atoms with van der Waals surface area (Å²) in [7, 11) is 1.03. The van der Waals surface area contributed by atoms with Crippen LogP contribution in [0.5, 0.6) is 0 Å². The Morgan fingerprint density at radius 1 is 1.11 bits per heavy atom. The molecule has 138 valence electrons. The van der Waals surface area contributed by atoms with Crippen molar-refractivity contribution >= 4 is 35.1 Å². The molecule has 2 aliphatic rings. The molecule has 2 fully saturated rings. The number of hydrogen-bond acceptors (Lipinski definition) is 4. The van der Waals surface area contributed by atoms with E-state index in [0.717, 1.165) is 17.6 Å². The fourth-order valence-electron chi connectivity index (χ4n) is 4.06. The van der Waals surface area contributed by atoms with E-state index in [1.807, 2.05) is 6.92 Å². The Morgan fingerprint density at radius 2 is 1.70 bits per heavy atom. The molecule has 2 aromatic carbocycles. The van der Waals surface area contributed by atoms with E-state index >= 15 is 4.39 Å². The summed E-state index contributed by atoms with van der Waals surface area (Å²) in [6.07, 6.45) is 0. The van der Waals surface area contributed by atoms with E-state index in [0.29, 0.717) is 10.7 Å². The molecule has 1 saturated heterocycles. The number of amides is 2. The smallest absolute Gasteiger partial charge is 0.346 e. The Bertz CT molecular complexity index is 974. The molecule has 4 rings (SSSR count). The number of aryl methyl sites for hydroxylation is 1. The number of halogens is 2. The minimum Gasteiger partial charge on any atom is -0.467 e. The zero-order chi connectivity index (χ0) is 19.6. The Hall–Kier alpha value is -2.73. The lowest BCUT2D eigenvalue weighted by Crippen LogP contribution is -2.46. The van der Waals surface area contributed by atoms with Gasteiger partial charge in [0.1, 0.15) is 11.3 Å².